The van der Waals surface area contributed by atoms with Gasteiger partial charge in [0.2, 0.25) is 10.0 Å². The lowest BCUT2D eigenvalue weighted by atomic mass is 10.1. The van der Waals surface area contributed by atoms with Crippen molar-refractivity contribution in [2.24, 2.45) is 11.8 Å². The summed E-state index contributed by atoms with van der Waals surface area (Å²) in [6, 6.07) is 9.01. The topological polar surface area (TPSA) is 124 Å². The second-order valence-electron chi connectivity index (χ2n) is 13.2. The normalized spacial score (nSPS) is 17.2. The van der Waals surface area contributed by atoms with Crippen LogP contribution in [-0.2, 0) is 22.7 Å². The van der Waals surface area contributed by atoms with Gasteiger partial charge in [0.05, 0.1) is 23.0 Å². The molecule has 51 heavy (non-hydrogen) atoms. The molecule has 4 atom stereocenters. The van der Waals surface area contributed by atoms with Gasteiger partial charge in [0.25, 0.3) is 5.91 Å². The molecule has 3 aromatic rings. The van der Waals surface area contributed by atoms with Gasteiger partial charge in [-0.25, -0.2) is 22.2 Å². The van der Waals surface area contributed by atoms with Gasteiger partial charge in [-0.3, -0.25) is 9.10 Å². The number of aliphatic hydroxyl groups is 1. The number of sulfonamides is 1. The van der Waals surface area contributed by atoms with E-state index in [-0.39, 0.29) is 36.6 Å². The average molecular weight is 742 g/mol. The first-order chi connectivity index (χ1) is 23.8. The maximum atomic E-state index is 13.9. The maximum absolute atomic E-state index is 13.9. The molecule has 0 saturated heterocycles. The van der Waals surface area contributed by atoms with E-state index in [1.54, 1.807) is 7.05 Å². The molecule has 4 unspecified atom stereocenters. The summed E-state index contributed by atoms with van der Waals surface area (Å²) in [4.78, 5) is 20.2. The summed E-state index contributed by atoms with van der Waals surface area (Å²) < 4.78 is 99.7. The number of aromatic nitrogens is 1. The molecule has 3 N–H and O–H groups in total. The third kappa shape index (κ3) is 11.0. The summed E-state index contributed by atoms with van der Waals surface area (Å²) in [7, 11) is -0.687. The van der Waals surface area contributed by atoms with Crippen molar-refractivity contribution in [1.82, 2.24) is 15.6 Å². The van der Waals surface area contributed by atoms with Gasteiger partial charge < -0.3 is 25.4 Å². The van der Waals surface area contributed by atoms with E-state index in [0.717, 1.165) is 35.0 Å². The number of benzene rings is 2. The Kier molecular flexibility index (Phi) is 12.9. The second kappa shape index (κ2) is 16.5. The van der Waals surface area contributed by atoms with Crippen LogP contribution in [-0.4, -0.2) is 75.6 Å². The largest absolute Gasteiger partial charge is 0.491 e. The fourth-order valence-corrected chi connectivity index (χ4v) is 6.36. The zero-order valence-corrected chi connectivity index (χ0v) is 29.9. The fourth-order valence-electron chi connectivity index (χ4n) is 5.38. The van der Waals surface area contributed by atoms with E-state index in [1.807, 2.05) is 4.90 Å². The van der Waals surface area contributed by atoms with Gasteiger partial charge in [0.1, 0.15) is 35.6 Å². The number of nitrogens with one attached hydrogen (secondary N) is 2. The summed E-state index contributed by atoms with van der Waals surface area (Å²) in [5, 5.41) is 16.1. The Bertz CT molecular complexity index is 1760. The monoisotopic (exact) mass is 741 g/mol. The molecule has 0 aliphatic heterocycles. The molecule has 4 rings (SSSR count). The quantitative estimate of drug-likeness (QED) is 0.125. The lowest BCUT2D eigenvalue weighted by Gasteiger charge is -2.26. The lowest BCUT2D eigenvalue weighted by molar-refractivity contribution is -0.137. The summed E-state index contributed by atoms with van der Waals surface area (Å²) in [6.07, 6.45) is -4.77. The number of carbonyl (C=O) groups is 1. The van der Waals surface area contributed by atoms with Crippen LogP contribution in [0.3, 0.4) is 0 Å². The number of ether oxygens (including phenoxy) is 1. The smallest absolute Gasteiger partial charge is 0.416 e. The molecule has 0 spiro atoms. The van der Waals surface area contributed by atoms with Gasteiger partial charge in [-0.05, 0) is 68.8 Å². The summed E-state index contributed by atoms with van der Waals surface area (Å²) in [5.41, 5.74) is -0.386. The highest BCUT2D eigenvalue weighted by molar-refractivity contribution is 7.93. The zero-order valence-electron chi connectivity index (χ0n) is 29.0. The van der Waals surface area contributed by atoms with Gasteiger partial charge in [0, 0.05) is 50.9 Å². The van der Waals surface area contributed by atoms with Crippen LogP contribution < -0.4 is 24.6 Å². The van der Waals surface area contributed by atoms with Crippen LogP contribution in [0.2, 0.25) is 0 Å². The first-order valence-electron chi connectivity index (χ1n) is 16.5. The SMILES string of the molecule is CC1CC1CN(C)c1cc(C(=O)NC(COc2cc(F)cc(F)c2)C(O)CCNCc2cccc(C(F)(F)F)c2)cc(N(C)S(=O)(=O)C(C)C)n1. The van der Waals surface area contributed by atoms with E-state index in [0.29, 0.717) is 35.8 Å². The Hall–Kier alpha value is -4.02. The molecule has 1 saturated carbocycles. The van der Waals surface area contributed by atoms with Gasteiger partial charge in [0.15, 0.2) is 0 Å². The number of hydrogen-bond acceptors (Lipinski definition) is 8. The van der Waals surface area contributed by atoms with Crippen molar-refractivity contribution in [3.63, 3.8) is 0 Å². The maximum Gasteiger partial charge on any atom is 0.416 e. The number of rotatable bonds is 17. The van der Waals surface area contributed by atoms with Gasteiger partial charge in [-0.2, -0.15) is 13.2 Å². The number of carbonyl (C=O) groups excluding carboxylic acids is 1. The van der Waals surface area contributed by atoms with Gasteiger partial charge in [-0.15, -0.1) is 0 Å². The predicted molar refractivity (Wildman–Crippen MR) is 184 cm³/mol. The minimum atomic E-state index is -4.50. The first-order valence-corrected chi connectivity index (χ1v) is 18.0. The van der Waals surface area contributed by atoms with Crippen LogP contribution in [0, 0.1) is 23.5 Å². The van der Waals surface area contributed by atoms with E-state index < -0.39 is 63.3 Å². The van der Waals surface area contributed by atoms with Crippen LogP contribution in [0.5, 0.6) is 5.75 Å². The highest BCUT2D eigenvalue weighted by Gasteiger charge is 2.34. The highest BCUT2D eigenvalue weighted by Crippen LogP contribution is 2.39. The molecule has 280 valence electrons. The molecule has 2 aromatic carbocycles. The summed E-state index contributed by atoms with van der Waals surface area (Å²) >= 11 is 0. The third-order valence-corrected chi connectivity index (χ3v) is 10.9. The number of nitrogens with zero attached hydrogens (tertiary/aromatic N) is 3. The van der Waals surface area contributed by atoms with Crippen LogP contribution in [0.4, 0.5) is 33.6 Å². The van der Waals surface area contributed by atoms with Crippen LogP contribution >= 0.6 is 0 Å². The summed E-state index contributed by atoms with van der Waals surface area (Å²) in [5.74, 6) is -1.39. The fraction of sp³-hybridized carbons (Fsp3) is 0.486. The first kappa shape index (κ1) is 39.8. The average Bonchev–Trinajstić information content (AvgIpc) is 3.76. The Morgan fingerprint density at radius 3 is 2.31 bits per heavy atom. The zero-order chi connectivity index (χ0) is 37.7. The van der Waals surface area contributed by atoms with Crippen molar-refractivity contribution >= 4 is 27.6 Å². The molecule has 1 amide bonds. The van der Waals surface area contributed by atoms with Crippen molar-refractivity contribution in [2.75, 3.05) is 43.0 Å². The van der Waals surface area contributed by atoms with Gasteiger partial charge >= 0.3 is 6.18 Å². The number of anilines is 2. The number of alkyl halides is 3. The van der Waals surface area contributed by atoms with E-state index >= 15 is 0 Å². The molecule has 16 heteroatoms. The van der Waals surface area contributed by atoms with E-state index in [9.17, 15) is 40.3 Å². The molecule has 0 bridgehead atoms. The minimum Gasteiger partial charge on any atom is -0.491 e. The number of hydrogen-bond donors (Lipinski definition) is 3. The molecule has 10 nitrogen and oxygen atoms in total. The molecule has 1 aromatic heterocycles. The number of amides is 1. The Balaban J connectivity index is 1.55. The standard InChI is InChI=1S/C35H44F5N5O5S/c1-21(2)51(48,49)45(5)33-14-24(13-32(43-33)44(4)19-25-11-22(25)3)34(47)42-30(20-50-29-16-27(36)15-28(37)17-29)31(46)9-10-41-18-23-7-6-8-26(12-23)35(38,39)40/h6-8,12-17,21-22,25,30-31,41,46H,9-11,18-20H2,1-5H3,(H,42,47). The van der Waals surface area contributed by atoms with Crippen molar-refractivity contribution in [2.45, 2.75) is 63.7 Å². The number of halogens is 5. The molecule has 1 aliphatic carbocycles. The third-order valence-electron chi connectivity index (χ3n) is 8.78. The van der Waals surface area contributed by atoms with Crippen LogP contribution in [0.1, 0.15) is 55.1 Å². The molecule has 1 aliphatic rings. The Morgan fingerprint density at radius 1 is 1.06 bits per heavy atom. The predicted octanol–water partition coefficient (Wildman–Crippen LogP) is 5.36. The molecule has 0 radical (unpaired) electrons. The highest BCUT2D eigenvalue weighted by atomic mass is 32.2. The van der Waals surface area contributed by atoms with Crippen molar-refractivity contribution < 1.29 is 45.0 Å². The van der Waals surface area contributed by atoms with Crippen LogP contribution in [0.25, 0.3) is 0 Å². The molecule has 1 heterocycles. The molecular weight excluding hydrogens is 697 g/mol. The number of pyridine rings is 1. The number of aliphatic hydroxyl groups excluding tert-OH is 1. The lowest BCUT2D eigenvalue weighted by Crippen LogP contribution is -2.48. The van der Waals surface area contributed by atoms with Crippen LogP contribution in [0.15, 0.2) is 54.6 Å². The minimum absolute atomic E-state index is 0.00409. The second-order valence-corrected chi connectivity index (χ2v) is 15.7. The van der Waals surface area contributed by atoms with E-state index in [2.05, 4.69) is 22.5 Å². The molecule has 1 fully saturated rings. The Labute approximate surface area is 295 Å². The molecular formula is C35H44F5N5O5S. The van der Waals surface area contributed by atoms with Crippen molar-refractivity contribution in [1.29, 1.82) is 0 Å². The van der Waals surface area contributed by atoms with Gasteiger partial charge in [-0.1, -0.05) is 25.1 Å². The Morgan fingerprint density at radius 2 is 1.71 bits per heavy atom. The van der Waals surface area contributed by atoms with Crippen molar-refractivity contribution in [3.05, 3.63) is 82.9 Å². The van der Waals surface area contributed by atoms with E-state index in [4.69, 9.17) is 4.74 Å². The van der Waals surface area contributed by atoms with E-state index in [1.165, 1.54) is 45.2 Å². The van der Waals surface area contributed by atoms with Crippen molar-refractivity contribution in [3.8, 4) is 5.75 Å². The summed E-state index contributed by atoms with van der Waals surface area (Å²) in [6.45, 7) is 5.56.